The molecule has 0 saturated carbocycles. The van der Waals surface area contributed by atoms with Crippen LogP contribution in [0.4, 0.5) is 8.78 Å². The third-order valence-electron chi connectivity index (χ3n) is 3.49. The molecule has 1 aliphatic rings. The number of carbonyl (C=O) groups is 1. The molecule has 1 aromatic rings. The van der Waals surface area contributed by atoms with Crippen LogP contribution in [0.5, 0.6) is 0 Å². The van der Waals surface area contributed by atoms with Gasteiger partial charge in [-0.3, -0.25) is 4.79 Å². The molecular formula is C14H17F2NO2. The van der Waals surface area contributed by atoms with Crippen molar-refractivity contribution in [3.63, 3.8) is 0 Å². The van der Waals surface area contributed by atoms with Crippen molar-refractivity contribution in [1.29, 1.82) is 0 Å². The van der Waals surface area contributed by atoms with Gasteiger partial charge in [-0.05, 0) is 24.0 Å². The Balaban J connectivity index is 2.00. The Morgan fingerprint density at radius 2 is 2.26 bits per heavy atom. The number of rotatable bonds is 3. The van der Waals surface area contributed by atoms with Gasteiger partial charge in [0.1, 0.15) is 11.6 Å². The molecule has 2 rings (SSSR count). The Hall–Kier alpha value is -1.49. The fourth-order valence-electron chi connectivity index (χ4n) is 2.37. The van der Waals surface area contributed by atoms with Crippen molar-refractivity contribution in [2.75, 3.05) is 13.1 Å². The summed E-state index contributed by atoms with van der Waals surface area (Å²) in [7, 11) is 0. The summed E-state index contributed by atoms with van der Waals surface area (Å²) in [4.78, 5) is 13.6. The molecule has 1 aromatic carbocycles. The van der Waals surface area contributed by atoms with E-state index in [9.17, 15) is 18.7 Å². The maximum absolute atomic E-state index is 13.6. The lowest BCUT2D eigenvalue weighted by Gasteiger charge is -2.19. The summed E-state index contributed by atoms with van der Waals surface area (Å²) < 4.78 is 26.4. The van der Waals surface area contributed by atoms with E-state index in [1.165, 1.54) is 12.1 Å². The first kappa shape index (κ1) is 13.9. The normalized spacial score (nSPS) is 20.6. The van der Waals surface area contributed by atoms with Gasteiger partial charge in [-0.15, -0.1) is 0 Å². The Labute approximate surface area is 110 Å². The van der Waals surface area contributed by atoms with E-state index < -0.39 is 17.7 Å². The number of nitrogens with zero attached hydrogens (tertiary/aromatic N) is 1. The second-order valence-electron chi connectivity index (χ2n) is 5.05. The molecule has 19 heavy (non-hydrogen) atoms. The van der Waals surface area contributed by atoms with Crippen molar-refractivity contribution < 1.29 is 18.7 Å². The summed E-state index contributed by atoms with van der Waals surface area (Å²) in [6.45, 7) is 2.62. The first-order chi connectivity index (χ1) is 8.97. The second-order valence-corrected chi connectivity index (χ2v) is 5.05. The first-order valence-electron chi connectivity index (χ1n) is 6.38. The fraction of sp³-hybridized carbons (Fsp3) is 0.500. The number of likely N-dealkylation sites (tertiary alicyclic amines) is 1. The highest BCUT2D eigenvalue weighted by Crippen LogP contribution is 2.24. The van der Waals surface area contributed by atoms with Crippen LogP contribution in [0.1, 0.15) is 31.2 Å². The molecule has 3 nitrogen and oxygen atoms in total. The van der Waals surface area contributed by atoms with Gasteiger partial charge in [-0.25, -0.2) is 8.78 Å². The van der Waals surface area contributed by atoms with Gasteiger partial charge in [0.15, 0.2) is 0 Å². The lowest BCUT2D eigenvalue weighted by Crippen LogP contribution is -2.30. The van der Waals surface area contributed by atoms with Gasteiger partial charge < -0.3 is 10.0 Å². The van der Waals surface area contributed by atoms with E-state index in [-0.39, 0.29) is 18.2 Å². The van der Waals surface area contributed by atoms with Crippen LogP contribution in [-0.4, -0.2) is 35.1 Å². The quantitative estimate of drug-likeness (QED) is 0.912. The maximum Gasteiger partial charge on any atom is 0.223 e. The number of halogens is 2. The smallest absolute Gasteiger partial charge is 0.223 e. The molecule has 1 N–H and O–H groups in total. The van der Waals surface area contributed by atoms with Crippen LogP contribution < -0.4 is 0 Å². The fourth-order valence-corrected chi connectivity index (χ4v) is 2.37. The number of aliphatic hydroxyl groups is 1. The van der Waals surface area contributed by atoms with Gasteiger partial charge in [0.2, 0.25) is 5.91 Å². The van der Waals surface area contributed by atoms with E-state index in [0.717, 1.165) is 6.07 Å². The lowest BCUT2D eigenvalue weighted by molar-refractivity contribution is -0.130. The topological polar surface area (TPSA) is 40.5 Å². The van der Waals surface area contributed by atoms with E-state index in [0.29, 0.717) is 25.1 Å². The minimum atomic E-state index is -0.623. The SMILES string of the molecule is CC(CC(=O)N1CC[C@H](O)C1)c1ccc(F)cc1F. The van der Waals surface area contributed by atoms with Gasteiger partial charge in [0, 0.05) is 25.6 Å². The minimum absolute atomic E-state index is 0.104. The van der Waals surface area contributed by atoms with Crippen LogP contribution in [0.3, 0.4) is 0 Å². The molecule has 1 fully saturated rings. The molecule has 0 bridgehead atoms. The minimum Gasteiger partial charge on any atom is -0.391 e. The van der Waals surface area contributed by atoms with Crippen molar-refractivity contribution in [3.05, 3.63) is 35.4 Å². The Morgan fingerprint density at radius 3 is 2.84 bits per heavy atom. The number of hydrogen-bond acceptors (Lipinski definition) is 2. The van der Waals surface area contributed by atoms with Gasteiger partial charge in [0.05, 0.1) is 6.10 Å². The van der Waals surface area contributed by atoms with Gasteiger partial charge >= 0.3 is 0 Å². The van der Waals surface area contributed by atoms with Crippen molar-refractivity contribution >= 4 is 5.91 Å². The van der Waals surface area contributed by atoms with Crippen LogP contribution in [0.2, 0.25) is 0 Å². The molecule has 0 aromatic heterocycles. The predicted molar refractivity (Wildman–Crippen MR) is 66.6 cm³/mol. The number of β-amino-alcohol motifs (C(OH)–C–C–N with tert-alkyl or cyclic N) is 1. The molecular weight excluding hydrogens is 252 g/mol. The van der Waals surface area contributed by atoms with Gasteiger partial charge in [0.25, 0.3) is 0 Å². The molecule has 5 heteroatoms. The summed E-state index contributed by atoms with van der Waals surface area (Å²) >= 11 is 0. The van der Waals surface area contributed by atoms with E-state index in [4.69, 9.17) is 0 Å². The van der Waals surface area contributed by atoms with Crippen molar-refractivity contribution in [3.8, 4) is 0 Å². The van der Waals surface area contributed by atoms with Crippen molar-refractivity contribution in [2.45, 2.75) is 31.8 Å². The third-order valence-corrected chi connectivity index (χ3v) is 3.49. The second kappa shape index (κ2) is 5.65. The zero-order valence-corrected chi connectivity index (χ0v) is 10.8. The predicted octanol–water partition coefficient (Wildman–Crippen LogP) is 2.05. The molecule has 2 atom stereocenters. The first-order valence-corrected chi connectivity index (χ1v) is 6.38. The molecule has 1 amide bonds. The molecule has 1 heterocycles. The highest BCUT2D eigenvalue weighted by Gasteiger charge is 2.26. The van der Waals surface area contributed by atoms with E-state index >= 15 is 0 Å². The maximum atomic E-state index is 13.6. The van der Waals surface area contributed by atoms with E-state index in [2.05, 4.69) is 0 Å². The molecule has 0 aliphatic carbocycles. The van der Waals surface area contributed by atoms with Gasteiger partial charge in [-0.2, -0.15) is 0 Å². The van der Waals surface area contributed by atoms with Gasteiger partial charge in [-0.1, -0.05) is 13.0 Å². The average molecular weight is 269 g/mol. The molecule has 1 unspecified atom stereocenters. The van der Waals surface area contributed by atoms with Crippen LogP contribution in [0, 0.1) is 11.6 Å². The average Bonchev–Trinajstić information content (AvgIpc) is 2.75. The number of amides is 1. The van der Waals surface area contributed by atoms with Crippen molar-refractivity contribution in [2.24, 2.45) is 0 Å². The van der Waals surface area contributed by atoms with Crippen LogP contribution >= 0.6 is 0 Å². The Morgan fingerprint density at radius 1 is 1.53 bits per heavy atom. The number of aliphatic hydroxyl groups excluding tert-OH is 1. The summed E-state index contributed by atoms with van der Waals surface area (Å²) in [6, 6.07) is 3.40. The zero-order valence-electron chi connectivity index (χ0n) is 10.8. The standard InChI is InChI=1S/C14H17F2NO2/c1-9(12-3-2-10(15)7-13(12)16)6-14(19)17-5-4-11(18)8-17/h2-3,7,9,11,18H,4-6,8H2,1H3/t9?,11-/m0/s1. The highest BCUT2D eigenvalue weighted by molar-refractivity contribution is 5.77. The highest BCUT2D eigenvalue weighted by atomic mass is 19.1. The zero-order chi connectivity index (χ0) is 14.0. The molecule has 1 aliphatic heterocycles. The largest absolute Gasteiger partial charge is 0.391 e. The molecule has 104 valence electrons. The number of hydrogen-bond donors (Lipinski definition) is 1. The summed E-state index contributed by atoms with van der Waals surface area (Å²) in [6.07, 6.45) is 0.294. The summed E-state index contributed by atoms with van der Waals surface area (Å²) in [5, 5.41) is 9.38. The monoisotopic (exact) mass is 269 g/mol. The van der Waals surface area contributed by atoms with Crippen molar-refractivity contribution in [1.82, 2.24) is 4.90 Å². The summed E-state index contributed by atoms with van der Waals surface area (Å²) in [5.41, 5.74) is 0.342. The molecule has 0 radical (unpaired) electrons. The number of carbonyl (C=O) groups excluding carboxylic acids is 1. The van der Waals surface area contributed by atoms with E-state index in [1.54, 1.807) is 11.8 Å². The summed E-state index contributed by atoms with van der Waals surface area (Å²) in [5.74, 6) is -1.66. The molecule has 0 spiro atoms. The van der Waals surface area contributed by atoms with E-state index in [1.807, 2.05) is 0 Å². The third kappa shape index (κ3) is 3.29. The lowest BCUT2D eigenvalue weighted by atomic mass is 9.96. The Kier molecular flexibility index (Phi) is 4.14. The van der Waals surface area contributed by atoms with Crippen LogP contribution in [0.25, 0.3) is 0 Å². The molecule has 1 saturated heterocycles. The number of benzene rings is 1. The van der Waals surface area contributed by atoms with Crippen LogP contribution in [-0.2, 0) is 4.79 Å². The Bertz CT molecular complexity index is 479. The van der Waals surface area contributed by atoms with Crippen LogP contribution in [0.15, 0.2) is 18.2 Å².